The van der Waals surface area contributed by atoms with Crippen LogP contribution < -0.4 is 10.6 Å². The van der Waals surface area contributed by atoms with Gasteiger partial charge in [0.05, 0.1) is 0 Å². The van der Waals surface area contributed by atoms with Crippen molar-refractivity contribution in [3.05, 3.63) is 29.3 Å². The molecule has 0 unspecified atom stereocenters. The lowest BCUT2D eigenvalue weighted by Crippen LogP contribution is -2.31. The lowest BCUT2D eigenvalue weighted by atomic mass is 9.99. The summed E-state index contributed by atoms with van der Waals surface area (Å²) < 4.78 is 0. The maximum atomic E-state index is 12.2. The van der Waals surface area contributed by atoms with Crippen LogP contribution >= 0.6 is 0 Å². The smallest absolute Gasteiger partial charge is 0.251 e. The lowest BCUT2D eigenvalue weighted by molar-refractivity contribution is -0.116. The predicted molar refractivity (Wildman–Crippen MR) is 79.1 cm³/mol. The maximum absolute atomic E-state index is 12.2. The highest BCUT2D eigenvalue weighted by molar-refractivity contribution is 5.97. The minimum Gasteiger partial charge on any atom is -0.396 e. The number of carbonyl (C=O) groups is 2. The molecule has 0 radical (unpaired) electrons. The molecule has 1 aromatic rings. The summed E-state index contributed by atoms with van der Waals surface area (Å²) in [5, 5.41) is 14.8. The lowest BCUT2D eigenvalue weighted by Gasteiger charge is -2.18. The number of aliphatic hydroxyl groups excluding tert-OH is 1. The van der Waals surface area contributed by atoms with E-state index in [1.165, 1.54) is 0 Å². The molecule has 0 aromatic heterocycles. The molecule has 1 aliphatic heterocycles. The van der Waals surface area contributed by atoms with E-state index >= 15 is 0 Å². The van der Waals surface area contributed by atoms with Crippen molar-refractivity contribution in [3.8, 4) is 0 Å². The van der Waals surface area contributed by atoms with Gasteiger partial charge in [-0.05, 0) is 54.9 Å². The van der Waals surface area contributed by atoms with Gasteiger partial charge in [0, 0.05) is 30.8 Å². The summed E-state index contributed by atoms with van der Waals surface area (Å²) in [4.78, 5) is 23.5. The Morgan fingerprint density at radius 3 is 2.86 bits per heavy atom. The fourth-order valence-electron chi connectivity index (χ4n) is 2.82. The highest BCUT2D eigenvalue weighted by Gasteiger charge is 2.41. The van der Waals surface area contributed by atoms with Gasteiger partial charge in [0.15, 0.2) is 0 Å². The van der Waals surface area contributed by atoms with Crippen molar-refractivity contribution in [1.82, 2.24) is 5.32 Å². The monoisotopic (exact) mass is 288 g/mol. The van der Waals surface area contributed by atoms with Crippen molar-refractivity contribution in [2.75, 3.05) is 18.5 Å². The number of benzene rings is 1. The van der Waals surface area contributed by atoms with Crippen LogP contribution in [0.15, 0.2) is 18.2 Å². The van der Waals surface area contributed by atoms with Gasteiger partial charge in [-0.15, -0.1) is 0 Å². The Balaban J connectivity index is 1.64. The van der Waals surface area contributed by atoms with E-state index in [0.717, 1.165) is 30.5 Å². The molecule has 0 bridgehead atoms. The van der Waals surface area contributed by atoms with Crippen molar-refractivity contribution < 1.29 is 14.7 Å². The molecule has 112 valence electrons. The van der Waals surface area contributed by atoms with E-state index in [1.807, 2.05) is 6.07 Å². The van der Waals surface area contributed by atoms with Gasteiger partial charge < -0.3 is 15.7 Å². The van der Waals surface area contributed by atoms with Gasteiger partial charge in [-0.1, -0.05) is 0 Å². The average Bonchev–Trinajstić information content (AvgIpc) is 3.25. The van der Waals surface area contributed by atoms with Crippen LogP contribution in [0.1, 0.15) is 41.6 Å². The second-order valence-electron chi connectivity index (χ2n) is 6.08. The second kappa shape index (κ2) is 5.48. The summed E-state index contributed by atoms with van der Waals surface area (Å²) in [5.41, 5.74) is 2.57. The largest absolute Gasteiger partial charge is 0.396 e. The van der Waals surface area contributed by atoms with Crippen molar-refractivity contribution in [1.29, 1.82) is 0 Å². The minimum absolute atomic E-state index is 0.0272. The van der Waals surface area contributed by atoms with E-state index in [4.69, 9.17) is 5.11 Å². The summed E-state index contributed by atoms with van der Waals surface area (Å²) in [6.07, 6.45) is 4.05. The van der Waals surface area contributed by atoms with Gasteiger partial charge in [-0.3, -0.25) is 9.59 Å². The van der Waals surface area contributed by atoms with Crippen LogP contribution in [-0.2, 0) is 11.2 Å². The van der Waals surface area contributed by atoms with E-state index in [0.29, 0.717) is 24.9 Å². The second-order valence-corrected chi connectivity index (χ2v) is 6.08. The predicted octanol–water partition coefficient (Wildman–Crippen LogP) is 1.46. The molecular formula is C16H20N2O3. The summed E-state index contributed by atoms with van der Waals surface area (Å²) in [6.45, 7) is 0.800. The molecule has 2 aliphatic rings. The standard InChI is InChI=1S/C16H20N2O3/c19-8-7-16(5-6-16)10-17-15(21)12-1-3-13-11(9-12)2-4-14(20)18-13/h1,3,9,19H,2,4-8,10H2,(H,17,21)(H,18,20). The number of amides is 2. The van der Waals surface area contributed by atoms with Crippen LogP contribution in [0.4, 0.5) is 5.69 Å². The van der Waals surface area contributed by atoms with Crippen LogP contribution in [-0.4, -0.2) is 30.1 Å². The van der Waals surface area contributed by atoms with Crippen LogP contribution in [0.5, 0.6) is 0 Å². The number of hydrogen-bond donors (Lipinski definition) is 3. The van der Waals surface area contributed by atoms with E-state index in [-0.39, 0.29) is 23.8 Å². The molecule has 0 atom stereocenters. The zero-order valence-corrected chi connectivity index (χ0v) is 11.9. The van der Waals surface area contributed by atoms with Gasteiger partial charge in [0.1, 0.15) is 0 Å². The highest BCUT2D eigenvalue weighted by Crippen LogP contribution is 2.47. The fourth-order valence-corrected chi connectivity index (χ4v) is 2.82. The number of hydrogen-bond acceptors (Lipinski definition) is 3. The van der Waals surface area contributed by atoms with Crippen LogP contribution in [0.3, 0.4) is 0 Å². The van der Waals surface area contributed by atoms with Gasteiger partial charge in [-0.25, -0.2) is 0 Å². The van der Waals surface area contributed by atoms with E-state index < -0.39 is 0 Å². The molecule has 21 heavy (non-hydrogen) atoms. The summed E-state index contributed by atoms with van der Waals surface area (Å²) in [7, 11) is 0. The summed E-state index contributed by atoms with van der Waals surface area (Å²) in [6, 6.07) is 5.39. The topological polar surface area (TPSA) is 78.4 Å². The average molecular weight is 288 g/mol. The Bertz CT molecular complexity index is 579. The Labute approximate surface area is 123 Å². The van der Waals surface area contributed by atoms with Gasteiger partial charge >= 0.3 is 0 Å². The normalized spacial score (nSPS) is 18.6. The summed E-state index contributed by atoms with van der Waals surface area (Å²) >= 11 is 0. The first kappa shape index (κ1) is 14.1. The highest BCUT2D eigenvalue weighted by atomic mass is 16.3. The van der Waals surface area contributed by atoms with Gasteiger partial charge in [-0.2, -0.15) is 0 Å². The molecule has 2 amide bonds. The zero-order chi connectivity index (χ0) is 14.9. The molecule has 1 aliphatic carbocycles. The maximum Gasteiger partial charge on any atom is 0.251 e. The number of aliphatic hydroxyl groups is 1. The SMILES string of the molecule is O=C1CCc2cc(C(=O)NCC3(CCO)CC3)ccc2N1. The first-order chi connectivity index (χ1) is 10.1. The third kappa shape index (κ3) is 3.08. The molecule has 1 heterocycles. The molecule has 3 rings (SSSR count). The fraction of sp³-hybridized carbons (Fsp3) is 0.500. The Kier molecular flexibility index (Phi) is 3.68. The summed E-state index contributed by atoms with van der Waals surface area (Å²) in [5.74, 6) is -0.0571. The third-order valence-electron chi connectivity index (χ3n) is 4.49. The number of nitrogens with one attached hydrogen (secondary N) is 2. The quantitative estimate of drug-likeness (QED) is 0.767. The Hall–Kier alpha value is -1.88. The van der Waals surface area contributed by atoms with Crippen molar-refractivity contribution in [3.63, 3.8) is 0 Å². The van der Waals surface area contributed by atoms with Gasteiger partial charge in [0.2, 0.25) is 5.91 Å². The zero-order valence-electron chi connectivity index (χ0n) is 11.9. The molecule has 1 aromatic carbocycles. The molecule has 1 fully saturated rings. The van der Waals surface area contributed by atoms with Gasteiger partial charge in [0.25, 0.3) is 5.91 Å². The van der Waals surface area contributed by atoms with Crippen LogP contribution in [0.25, 0.3) is 0 Å². The number of anilines is 1. The number of aryl methyl sites for hydroxylation is 1. The van der Waals surface area contributed by atoms with E-state index in [1.54, 1.807) is 12.1 Å². The molecule has 1 saturated carbocycles. The molecule has 3 N–H and O–H groups in total. The first-order valence-corrected chi connectivity index (χ1v) is 7.44. The molecule has 0 spiro atoms. The van der Waals surface area contributed by atoms with Crippen molar-refractivity contribution >= 4 is 17.5 Å². The molecule has 5 nitrogen and oxygen atoms in total. The number of rotatable bonds is 5. The van der Waals surface area contributed by atoms with E-state index in [9.17, 15) is 9.59 Å². The molecular weight excluding hydrogens is 268 g/mol. The van der Waals surface area contributed by atoms with Crippen LogP contribution in [0.2, 0.25) is 0 Å². The minimum atomic E-state index is -0.0843. The van der Waals surface area contributed by atoms with Crippen molar-refractivity contribution in [2.24, 2.45) is 5.41 Å². The Morgan fingerprint density at radius 2 is 2.14 bits per heavy atom. The molecule has 5 heteroatoms. The Morgan fingerprint density at radius 1 is 1.33 bits per heavy atom. The third-order valence-corrected chi connectivity index (χ3v) is 4.49. The number of fused-ring (bicyclic) bond motifs is 1. The van der Waals surface area contributed by atoms with Crippen LogP contribution in [0, 0.1) is 5.41 Å². The van der Waals surface area contributed by atoms with E-state index in [2.05, 4.69) is 10.6 Å². The first-order valence-electron chi connectivity index (χ1n) is 7.44. The van der Waals surface area contributed by atoms with Crippen molar-refractivity contribution in [2.45, 2.75) is 32.1 Å². The number of carbonyl (C=O) groups excluding carboxylic acids is 2. The molecule has 0 saturated heterocycles.